The maximum Gasteiger partial charge on any atom is 0.249 e. The van der Waals surface area contributed by atoms with Crippen molar-refractivity contribution in [3.8, 4) is 5.75 Å². The summed E-state index contributed by atoms with van der Waals surface area (Å²) in [5.41, 5.74) is 3.38. The van der Waals surface area contributed by atoms with Gasteiger partial charge in [0.1, 0.15) is 11.9 Å². The first-order chi connectivity index (χ1) is 14.9. The van der Waals surface area contributed by atoms with E-state index < -0.39 is 6.10 Å². The van der Waals surface area contributed by atoms with E-state index in [1.54, 1.807) is 21.2 Å². The van der Waals surface area contributed by atoms with Gasteiger partial charge in [-0.15, -0.1) is 0 Å². The minimum atomic E-state index is -0.552. The molecular weight excluding hydrogens is 394 g/mol. The first-order valence-electron chi connectivity index (χ1n) is 10.5. The number of nitrogens with one attached hydrogen (secondary N) is 1. The highest BCUT2D eigenvalue weighted by atomic mass is 16.5. The Bertz CT molecular complexity index is 960. The Morgan fingerprint density at radius 3 is 2.65 bits per heavy atom. The number of fused-ring (bicyclic) bond motifs is 2. The Morgan fingerprint density at radius 2 is 1.94 bits per heavy atom. The van der Waals surface area contributed by atoms with Crippen LogP contribution < -0.4 is 15.0 Å². The highest BCUT2D eigenvalue weighted by Gasteiger charge is 2.50. The van der Waals surface area contributed by atoms with Crippen LogP contribution in [0, 0.1) is 0 Å². The summed E-state index contributed by atoms with van der Waals surface area (Å²) in [5, 5.41) is 2.72. The average molecular weight is 424 g/mol. The molecule has 1 N–H and O–H groups in total. The van der Waals surface area contributed by atoms with Crippen LogP contribution in [0.3, 0.4) is 0 Å². The van der Waals surface area contributed by atoms with Crippen LogP contribution in [0.4, 0.5) is 5.69 Å². The second kappa shape index (κ2) is 8.59. The number of nitrogens with zero attached hydrogens (tertiary/aromatic N) is 2. The summed E-state index contributed by atoms with van der Waals surface area (Å²) in [6.45, 7) is 2.04. The van der Waals surface area contributed by atoms with E-state index in [1.807, 2.05) is 24.3 Å². The summed E-state index contributed by atoms with van der Waals surface area (Å²) in [4.78, 5) is 28.2. The third-order valence-electron chi connectivity index (χ3n) is 6.18. The van der Waals surface area contributed by atoms with Crippen LogP contribution in [0.15, 0.2) is 48.5 Å². The van der Waals surface area contributed by atoms with E-state index in [9.17, 15) is 9.59 Å². The largest absolute Gasteiger partial charge is 0.497 e. The molecule has 7 nitrogen and oxygen atoms in total. The molecule has 2 aliphatic rings. The SMILES string of the molecule is COc1ccc(CN2CC3(COC(C(=O)NCC(=O)N(C)C)C3)c3ccccc32)cc1. The Balaban J connectivity index is 1.47. The summed E-state index contributed by atoms with van der Waals surface area (Å²) in [6.07, 6.45) is 0.0504. The van der Waals surface area contributed by atoms with Crippen molar-refractivity contribution in [2.45, 2.75) is 24.5 Å². The lowest BCUT2D eigenvalue weighted by atomic mass is 9.80. The van der Waals surface area contributed by atoms with Crippen LogP contribution in [0.5, 0.6) is 5.75 Å². The van der Waals surface area contributed by atoms with Crippen molar-refractivity contribution in [1.82, 2.24) is 10.2 Å². The van der Waals surface area contributed by atoms with Crippen LogP contribution in [0.2, 0.25) is 0 Å². The molecule has 4 rings (SSSR count). The van der Waals surface area contributed by atoms with Crippen molar-refractivity contribution < 1.29 is 19.1 Å². The highest BCUT2D eigenvalue weighted by molar-refractivity contribution is 5.87. The zero-order valence-electron chi connectivity index (χ0n) is 18.3. The number of amides is 2. The normalized spacial score (nSPS) is 21.8. The molecule has 2 unspecified atom stereocenters. The number of para-hydroxylation sites is 1. The summed E-state index contributed by atoms with van der Waals surface area (Å²) < 4.78 is 11.2. The lowest BCUT2D eigenvalue weighted by Gasteiger charge is -2.24. The summed E-state index contributed by atoms with van der Waals surface area (Å²) >= 11 is 0. The van der Waals surface area contributed by atoms with Crippen molar-refractivity contribution in [2.24, 2.45) is 0 Å². The molecule has 1 fully saturated rings. The van der Waals surface area contributed by atoms with Crippen LogP contribution in [0.25, 0.3) is 0 Å². The van der Waals surface area contributed by atoms with Crippen molar-refractivity contribution in [3.63, 3.8) is 0 Å². The molecule has 1 saturated heterocycles. The molecule has 1 spiro atoms. The number of likely N-dealkylation sites (N-methyl/N-ethyl adjacent to an activating group) is 1. The number of benzene rings is 2. The fourth-order valence-electron chi connectivity index (χ4n) is 4.46. The lowest BCUT2D eigenvalue weighted by Crippen LogP contribution is -2.41. The van der Waals surface area contributed by atoms with E-state index in [1.165, 1.54) is 21.7 Å². The molecule has 0 bridgehead atoms. The Morgan fingerprint density at radius 1 is 1.19 bits per heavy atom. The number of hydrogen-bond acceptors (Lipinski definition) is 5. The molecule has 2 heterocycles. The minimum Gasteiger partial charge on any atom is -0.497 e. The van der Waals surface area contributed by atoms with Gasteiger partial charge in [0.25, 0.3) is 0 Å². The molecule has 0 saturated carbocycles. The number of ether oxygens (including phenoxy) is 2. The van der Waals surface area contributed by atoms with E-state index in [0.29, 0.717) is 13.0 Å². The van der Waals surface area contributed by atoms with Crippen molar-refractivity contribution in [1.29, 1.82) is 0 Å². The number of anilines is 1. The average Bonchev–Trinajstić information content (AvgIpc) is 3.34. The van der Waals surface area contributed by atoms with Crippen LogP contribution in [-0.4, -0.2) is 63.7 Å². The summed E-state index contributed by atoms with van der Waals surface area (Å²) in [5.74, 6) is 0.476. The second-order valence-corrected chi connectivity index (χ2v) is 8.51. The first kappa shape index (κ1) is 21.2. The van der Waals surface area contributed by atoms with E-state index in [4.69, 9.17) is 9.47 Å². The second-order valence-electron chi connectivity index (χ2n) is 8.51. The van der Waals surface area contributed by atoms with Gasteiger partial charge >= 0.3 is 0 Å². The Kier molecular flexibility index (Phi) is 5.87. The first-order valence-corrected chi connectivity index (χ1v) is 10.5. The molecule has 2 aromatic carbocycles. The fraction of sp³-hybridized carbons (Fsp3) is 0.417. The predicted molar refractivity (Wildman–Crippen MR) is 118 cm³/mol. The van der Waals surface area contributed by atoms with Crippen molar-refractivity contribution >= 4 is 17.5 Å². The summed E-state index contributed by atoms with van der Waals surface area (Å²) in [6, 6.07) is 16.5. The van der Waals surface area contributed by atoms with E-state index >= 15 is 0 Å². The third-order valence-corrected chi connectivity index (χ3v) is 6.18. The van der Waals surface area contributed by atoms with Gasteiger partial charge in [0.2, 0.25) is 11.8 Å². The van der Waals surface area contributed by atoms with E-state index in [2.05, 4.69) is 34.5 Å². The zero-order valence-corrected chi connectivity index (χ0v) is 18.3. The molecule has 0 aromatic heterocycles. The van der Waals surface area contributed by atoms with Gasteiger partial charge in [-0.25, -0.2) is 0 Å². The fourth-order valence-corrected chi connectivity index (χ4v) is 4.46. The van der Waals surface area contributed by atoms with E-state index in [-0.39, 0.29) is 23.8 Å². The molecular formula is C24H29N3O4. The van der Waals surface area contributed by atoms with Gasteiger partial charge in [0.05, 0.1) is 20.3 Å². The van der Waals surface area contributed by atoms with Gasteiger partial charge in [0.15, 0.2) is 0 Å². The maximum absolute atomic E-state index is 12.6. The molecule has 164 valence electrons. The predicted octanol–water partition coefficient (Wildman–Crippen LogP) is 1.95. The topological polar surface area (TPSA) is 71.1 Å². The smallest absolute Gasteiger partial charge is 0.249 e. The lowest BCUT2D eigenvalue weighted by molar-refractivity contribution is -0.134. The number of methoxy groups -OCH3 is 1. The standard InChI is InChI=1S/C24H29N3O4/c1-26(2)22(28)13-25-23(29)21-12-24(16-31-21)15-27(20-7-5-4-6-19(20)24)14-17-8-10-18(30-3)11-9-17/h4-11,21H,12-16H2,1-3H3,(H,25,29). The van der Waals surface area contributed by atoms with Gasteiger partial charge < -0.3 is 24.6 Å². The molecule has 0 radical (unpaired) electrons. The van der Waals surface area contributed by atoms with Crippen molar-refractivity contribution in [3.05, 3.63) is 59.7 Å². The van der Waals surface area contributed by atoms with Crippen LogP contribution in [-0.2, 0) is 26.3 Å². The van der Waals surface area contributed by atoms with Crippen molar-refractivity contribution in [2.75, 3.05) is 45.8 Å². The molecule has 2 aliphatic heterocycles. The molecule has 2 amide bonds. The molecule has 2 aromatic rings. The number of carbonyl (C=O) groups is 2. The monoisotopic (exact) mass is 423 g/mol. The molecule has 2 atom stereocenters. The molecule has 0 aliphatic carbocycles. The Labute approximate surface area is 182 Å². The van der Waals surface area contributed by atoms with Gasteiger partial charge in [-0.1, -0.05) is 30.3 Å². The molecule has 7 heteroatoms. The van der Waals surface area contributed by atoms with Crippen LogP contribution >= 0.6 is 0 Å². The molecule has 31 heavy (non-hydrogen) atoms. The maximum atomic E-state index is 12.6. The van der Waals surface area contributed by atoms with Gasteiger partial charge in [-0.3, -0.25) is 9.59 Å². The summed E-state index contributed by atoms with van der Waals surface area (Å²) in [7, 11) is 5.00. The quantitative estimate of drug-likeness (QED) is 0.769. The highest BCUT2D eigenvalue weighted by Crippen LogP contribution is 2.47. The van der Waals surface area contributed by atoms with Crippen LogP contribution in [0.1, 0.15) is 17.5 Å². The minimum absolute atomic E-state index is 0.0150. The zero-order chi connectivity index (χ0) is 22.0. The number of rotatable bonds is 6. The van der Waals surface area contributed by atoms with Gasteiger partial charge in [-0.05, 0) is 35.7 Å². The van der Waals surface area contributed by atoms with Gasteiger partial charge in [-0.2, -0.15) is 0 Å². The Hall–Kier alpha value is -3.06. The number of carbonyl (C=O) groups excluding carboxylic acids is 2. The number of hydrogen-bond donors (Lipinski definition) is 1. The third kappa shape index (κ3) is 4.23. The van der Waals surface area contributed by atoms with E-state index in [0.717, 1.165) is 18.8 Å². The van der Waals surface area contributed by atoms with Gasteiger partial charge in [0, 0.05) is 38.3 Å².